The molecule has 0 N–H and O–H groups in total. The summed E-state index contributed by atoms with van der Waals surface area (Å²) >= 11 is 0. The third-order valence-electron chi connectivity index (χ3n) is 3.62. The molecule has 0 atom stereocenters. The maximum absolute atomic E-state index is 12.2. The van der Waals surface area contributed by atoms with Crippen LogP contribution in [0.5, 0.6) is 0 Å². The fourth-order valence-electron chi connectivity index (χ4n) is 2.51. The number of carbonyl (C=O) groups excluding carboxylic acids is 2. The number of hydrogen-bond acceptors (Lipinski definition) is 6. The van der Waals surface area contributed by atoms with Crippen molar-refractivity contribution in [2.75, 3.05) is 0 Å². The van der Waals surface area contributed by atoms with Crippen molar-refractivity contribution in [3.05, 3.63) is 76.5 Å². The van der Waals surface area contributed by atoms with Crippen LogP contribution in [-0.2, 0) is 14.3 Å². The molecule has 2 aromatic carbocycles. The van der Waals surface area contributed by atoms with E-state index in [0.29, 0.717) is 16.5 Å². The van der Waals surface area contributed by atoms with Crippen molar-refractivity contribution in [3.8, 4) is 0 Å². The minimum Gasteiger partial charge on any atom is -0.419 e. The summed E-state index contributed by atoms with van der Waals surface area (Å²) in [5.41, 5.74) is 0.108. The molecule has 1 aromatic heterocycles. The Hall–Kier alpha value is -3.54. The third kappa shape index (κ3) is 2.13. The number of Topliss-reactive ketones (excluding diaryl/α,β-unsaturated/α-hetero) is 1. The van der Waals surface area contributed by atoms with Crippen LogP contribution in [0, 0.1) is 0 Å². The molecule has 4 rings (SSSR count). The van der Waals surface area contributed by atoms with E-state index in [-0.39, 0.29) is 17.2 Å². The van der Waals surface area contributed by atoms with Crippen LogP contribution < -0.4 is 5.63 Å². The molecule has 1 aliphatic heterocycles. The van der Waals surface area contributed by atoms with Crippen molar-refractivity contribution < 1.29 is 18.7 Å². The smallest absolute Gasteiger partial charge is 0.385 e. The Kier molecular flexibility index (Phi) is 3.09. The van der Waals surface area contributed by atoms with Gasteiger partial charge in [-0.15, -0.1) is 0 Å². The molecule has 116 valence electrons. The molecular weight excluding hydrogens is 310 g/mol. The Balaban J connectivity index is 2.00. The van der Waals surface area contributed by atoms with Gasteiger partial charge in [0.05, 0.1) is 10.9 Å². The molecule has 3 aromatic rings. The Morgan fingerprint density at radius 2 is 1.54 bits per heavy atom. The molecule has 1 aliphatic rings. The first-order valence-electron chi connectivity index (χ1n) is 7.11. The lowest BCUT2D eigenvalue weighted by Gasteiger charge is -2.04. The van der Waals surface area contributed by atoms with Gasteiger partial charge in [0.25, 0.3) is 5.78 Å². The zero-order chi connectivity index (χ0) is 16.7. The van der Waals surface area contributed by atoms with Crippen molar-refractivity contribution in [3.63, 3.8) is 0 Å². The fraction of sp³-hybridized carbons (Fsp3) is 0. The molecule has 0 amide bonds. The van der Waals surface area contributed by atoms with E-state index in [4.69, 9.17) is 9.15 Å². The van der Waals surface area contributed by atoms with Crippen molar-refractivity contribution in [2.24, 2.45) is 0 Å². The number of rotatable bonds is 2. The van der Waals surface area contributed by atoms with Gasteiger partial charge < -0.3 is 9.15 Å². The van der Waals surface area contributed by atoms with Crippen molar-refractivity contribution >= 4 is 34.0 Å². The fourth-order valence-corrected chi connectivity index (χ4v) is 2.51. The van der Waals surface area contributed by atoms with Crippen LogP contribution >= 0.6 is 0 Å². The van der Waals surface area contributed by atoms with Gasteiger partial charge in [-0.2, -0.15) is 0 Å². The molecule has 0 radical (unpaired) electrons. The molecular formula is C18H9NO5. The first-order valence-corrected chi connectivity index (χ1v) is 7.11. The molecule has 6 nitrogen and oxygen atoms in total. The number of esters is 1. The minimum atomic E-state index is -1.03. The topological polar surface area (TPSA) is 86.5 Å². The quantitative estimate of drug-likeness (QED) is 0.531. The average Bonchev–Trinajstić information content (AvgIpc) is 2.91. The predicted molar refractivity (Wildman–Crippen MR) is 84.6 cm³/mol. The number of fused-ring (bicyclic) bond motifs is 1. The summed E-state index contributed by atoms with van der Waals surface area (Å²) in [6.07, 6.45) is 0. The summed E-state index contributed by atoms with van der Waals surface area (Å²) in [6, 6.07) is 15.2. The molecule has 0 aliphatic carbocycles. The van der Waals surface area contributed by atoms with Crippen molar-refractivity contribution in [1.29, 1.82) is 0 Å². The maximum atomic E-state index is 12.2. The van der Waals surface area contributed by atoms with Gasteiger partial charge in [-0.3, -0.25) is 4.79 Å². The molecule has 6 heteroatoms. The van der Waals surface area contributed by atoms with E-state index in [1.54, 1.807) is 54.6 Å². The van der Waals surface area contributed by atoms with Crippen molar-refractivity contribution in [1.82, 2.24) is 4.98 Å². The summed E-state index contributed by atoms with van der Waals surface area (Å²) in [4.78, 5) is 40.3. The Bertz CT molecular complexity index is 1080. The number of ether oxygens (including phenoxy) is 1. The number of para-hydroxylation sites is 1. The molecule has 0 fully saturated rings. The number of benzene rings is 2. The zero-order valence-electron chi connectivity index (χ0n) is 12.2. The van der Waals surface area contributed by atoms with Gasteiger partial charge in [-0.1, -0.05) is 42.5 Å². The highest BCUT2D eigenvalue weighted by Gasteiger charge is 2.38. The number of aromatic nitrogens is 1. The Labute approximate surface area is 135 Å². The van der Waals surface area contributed by atoms with Crippen molar-refractivity contribution in [2.45, 2.75) is 0 Å². The highest BCUT2D eigenvalue weighted by molar-refractivity contribution is 6.57. The molecule has 0 saturated carbocycles. The predicted octanol–water partition coefficient (Wildman–Crippen LogP) is 2.18. The molecule has 0 unspecified atom stereocenters. The van der Waals surface area contributed by atoms with Gasteiger partial charge in [0.2, 0.25) is 5.89 Å². The lowest BCUT2D eigenvalue weighted by Crippen LogP contribution is -2.12. The van der Waals surface area contributed by atoms with Crippen LogP contribution in [0.15, 0.2) is 63.8 Å². The largest absolute Gasteiger partial charge is 0.419 e. The highest BCUT2D eigenvalue weighted by Crippen LogP contribution is 2.33. The summed E-state index contributed by atoms with van der Waals surface area (Å²) in [6.45, 7) is 0. The number of carbonyl (C=O) groups is 2. The molecule has 0 bridgehead atoms. The van der Waals surface area contributed by atoms with E-state index in [0.717, 1.165) is 0 Å². The lowest BCUT2D eigenvalue weighted by molar-refractivity contribution is -0.144. The maximum Gasteiger partial charge on any atom is 0.385 e. The third-order valence-corrected chi connectivity index (χ3v) is 3.62. The zero-order valence-corrected chi connectivity index (χ0v) is 12.2. The second-order valence-corrected chi connectivity index (χ2v) is 5.11. The Morgan fingerprint density at radius 1 is 0.833 bits per heavy atom. The Morgan fingerprint density at radius 3 is 2.33 bits per heavy atom. The molecule has 2 heterocycles. The second-order valence-electron chi connectivity index (χ2n) is 5.11. The van der Waals surface area contributed by atoms with E-state index < -0.39 is 17.4 Å². The van der Waals surface area contributed by atoms with E-state index in [2.05, 4.69) is 4.98 Å². The van der Waals surface area contributed by atoms with Crippen LogP contribution in [0.4, 0.5) is 0 Å². The minimum absolute atomic E-state index is 0.0385. The summed E-state index contributed by atoms with van der Waals surface area (Å²) in [5.74, 6) is -2.11. The van der Waals surface area contributed by atoms with Gasteiger partial charge in [-0.25, -0.2) is 14.6 Å². The molecule has 24 heavy (non-hydrogen) atoms. The van der Waals surface area contributed by atoms with Crippen LogP contribution in [-0.4, -0.2) is 16.7 Å². The van der Waals surface area contributed by atoms with E-state index in [9.17, 15) is 14.4 Å². The molecule has 0 spiro atoms. The number of ketones is 1. The summed E-state index contributed by atoms with van der Waals surface area (Å²) < 4.78 is 10.2. The van der Waals surface area contributed by atoms with E-state index >= 15 is 0 Å². The first-order chi connectivity index (χ1) is 11.6. The number of cyclic esters (lactones) is 1. The van der Waals surface area contributed by atoms with E-state index in [1.807, 2.05) is 0 Å². The van der Waals surface area contributed by atoms with Gasteiger partial charge >= 0.3 is 11.6 Å². The number of hydrogen-bond donors (Lipinski definition) is 0. The van der Waals surface area contributed by atoms with Gasteiger partial charge in [0.15, 0.2) is 5.76 Å². The lowest BCUT2D eigenvalue weighted by atomic mass is 10.1. The highest BCUT2D eigenvalue weighted by atomic mass is 16.5. The van der Waals surface area contributed by atoms with Crippen LogP contribution in [0.3, 0.4) is 0 Å². The standard InChI is InChI=1S/C18H9NO5/c20-14-13(15(23-18(14)22)10-6-2-1-3-7-10)16-19-12-9-5-4-8-11(12)17(21)24-16/h1-9H. The van der Waals surface area contributed by atoms with Crippen LogP contribution in [0.2, 0.25) is 0 Å². The van der Waals surface area contributed by atoms with Crippen LogP contribution in [0.1, 0.15) is 11.5 Å². The first kappa shape index (κ1) is 14.1. The van der Waals surface area contributed by atoms with Gasteiger partial charge in [0, 0.05) is 5.56 Å². The van der Waals surface area contributed by atoms with Gasteiger partial charge in [0.1, 0.15) is 5.57 Å². The second kappa shape index (κ2) is 5.27. The van der Waals surface area contributed by atoms with Gasteiger partial charge in [-0.05, 0) is 12.1 Å². The van der Waals surface area contributed by atoms with Crippen LogP contribution in [0.25, 0.3) is 22.2 Å². The summed E-state index contributed by atoms with van der Waals surface area (Å²) in [5, 5.41) is 0.292. The summed E-state index contributed by atoms with van der Waals surface area (Å²) in [7, 11) is 0. The van der Waals surface area contributed by atoms with E-state index in [1.165, 1.54) is 0 Å². The molecule has 0 saturated heterocycles. The SMILES string of the molecule is O=C1OC(c2ccccc2)=C(c2nc3ccccc3c(=O)o2)C1=O. The number of nitrogens with zero attached hydrogens (tertiary/aromatic N) is 1. The monoisotopic (exact) mass is 319 g/mol. The average molecular weight is 319 g/mol. The normalized spacial score (nSPS) is 14.3.